The first-order chi connectivity index (χ1) is 12.5. The van der Waals surface area contributed by atoms with E-state index >= 15 is 0 Å². The number of esters is 1. The van der Waals surface area contributed by atoms with Crippen molar-refractivity contribution in [2.45, 2.75) is 27.4 Å². The summed E-state index contributed by atoms with van der Waals surface area (Å²) in [5.74, 6) is -0.0248. The van der Waals surface area contributed by atoms with Crippen LogP contribution in [0.4, 0.5) is 0 Å². The van der Waals surface area contributed by atoms with Gasteiger partial charge in [0.15, 0.2) is 0 Å². The van der Waals surface area contributed by atoms with Crippen molar-refractivity contribution in [3.63, 3.8) is 0 Å². The third-order valence-corrected chi connectivity index (χ3v) is 4.21. The maximum Gasteiger partial charge on any atom is 0.342 e. The SMILES string of the molecule is CCOc1ccccc1C(=O)OCc1cc(=O)oc2cc(C)c(C)cc12. The van der Waals surface area contributed by atoms with Crippen LogP contribution in [0.2, 0.25) is 0 Å². The van der Waals surface area contributed by atoms with Crippen LogP contribution in [0.25, 0.3) is 11.0 Å². The molecule has 0 aliphatic heterocycles. The van der Waals surface area contributed by atoms with Gasteiger partial charge in [-0.3, -0.25) is 0 Å². The first-order valence-corrected chi connectivity index (χ1v) is 8.42. The molecule has 0 spiro atoms. The molecule has 0 atom stereocenters. The summed E-state index contributed by atoms with van der Waals surface area (Å²) in [4.78, 5) is 24.3. The van der Waals surface area contributed by atoms with Gasteiger partial charge in [-0.1, -0.05) is 12.1 Å². The average molecular weight is 352 g/mol. The Bertz CT molecular complexity index is 1020. The third kappa shape index (κ3) is 3.61. The Hall–Kier alpha value is -3.08. The molecule has 1 heterocycles. The van der Waals surface area contributed by atoms with Crippen molar-refractivity contribution in [1.29, 1.82) is 0 Å². The number of hydrogen-bond donors (Lipinski definition) is 0. The van der Waals surface area contributed by atoms with Crippen LogP contribution in [-0.2, 0) is 11.3 Å². The normalized spacial score (nSPS) is 10.7. The van der Waals surface area contributed by atoms with E-state index in [1.54, 1.807) is 24.3 Å². The van der Waals surface area contributed by atoms with E-state index in [9.17, 15) is 9.59 Å². The van der Waals surface area contributed by atoms with Crippen molar-refractivity contribution in [2.24, 2.45) is 0 Å². The minimum atomic E-state index is -0.501. The Morgan fingerprint density at radius 2 is 1.81 bits per heavy atom. The van der Waals surface area contributed by atoms with Gasteiger partial charge in [-0.25, -0.2) is 9.59 Å². The van der Waals surface area contributed by atoms with Crippen molar-refractivity contribution in [2.75, 3.05) is 6.61 Å². The lowest BCUT2D eigenvalue weighted by Crippen LogP contribution is -2.10. The molecule has 1 aromatic heterocycles. The van der Waals surface area contributed by atoms with Crippen LogP contribution < -0.4 is 10.4 Å². The Labute approximate surface area is 151 Å². The van der Waals surface area contributed by atoms with E-state index in [1.807, 2.05) is 32.9 Å². The molecule has 0 aliphatic rings. The smallest absolute Gasteiger partial charge is 0.342 e. The molecule has 0 unspecified atom stereocenters. The number of benzene rings is 2. The highest BCUT2D eigenvalue weighted by molar-refractivity contribution is 5.92. The third-order valence-electron chi connectivity index (χ3n) is 4.21. The number of aryl methyl sites for hydroxylation is 2. The molecule has 0 bridgehead atoms. The quantitative estimate of drug-likeness (QED) is 0.509. The van der Waals surface area contributed by atoms with E-state index in [1.165, 1.54) is 6.07 Å². The summed E-state index contributed by atoms with van der Waals surface area (Å²) in [6.07, 6.45) is 0. The summed E-state index contributed by atoms with van der Waals surface area (Å²) in [5, 5.41) is 0.763. The van der Waals surface area contributed by atoms with Crippen molar-refractivity contribution in [3.8, 4) is 5.75 Å². The fourth-order valence-corrected chi connectivity index (χ4v) is 2.74. The van der Waals surface area contributed by atoms with Crippen molar-refractivity contribution in [1.82, 2.24) is 0 Å². The minimum Gasteiger partial charge on any atom is -0.493 e. The molecule has 5 heteroatoms. The standard InChI is InChI=1S/C21H20O5/c1-4-24-18-8-6-5-7-16(18)21(23)25-12-15-11-20(22)26-19-10-14(3)13(2)9-17(15)19/h5-11H,4,12H2,1-3H3. The predicted molar refractivity (Wildman–Crippen MR) is 98.7 cm³/mol. The van der Waals surface area contributed by atoms with E-state index in [0.717, 1.165) is 16.5 Å². The van der Waals surface area contributed by atoms with Crippen LogP contribution >= 0.6 is 0 Å². The van der Waals surface area contributed by atoms with Gasteiger partial charge in [-0.2, -0.15) is 0 Å². The summed E-state index contributed by atoms with van der Waals surface area (Å²) < 4.78 is 16.2. The van der Waals surface area contributed by atoms with E-state index in [4.69, 9.17) is 13.9 Å². The Kier molecular flexibility index (Phi) is 5.07. The van der Waals surface area contributed by atoms with Gasteiger partial charge in [0.05, 0.1) is 6.61 Å². The van der Waals surface area contributed by atoms with Gasteiger partial charge in [0.25, 0.3) is 0 Å². The average Bonchev–Trinajstić information content (AvgIpc) is 2.61. The number of carbonyl (C=O) groups excluding carboxylic acids is 1. The Morgan fingerprint density at radius 3 is 2.58 bits per heavy atom. The zero-order chi connectivity index (χ0) is 18.7. The second kappa shape index (κ2) is 7.44. The fraction of sp³-hybridized carbons (Fsp3) is 0.238. The minimum absolute atomic E-state index is 0.0239. The Morgan fingerprint density at radius 1 is 1.08 bits per heavy atom. The van der Waals surface area contributed by atoms with Crippen LogP contribution in [0, 0.1) is 13.8 Å². The molecule has 0 amide bonds. The summed E-state index contributed by atoms with van der Waals surface area (Å²) >= 11 is 0. The summed E-state index contributed by atoms with van der Waals surface area (Å²) in [5.41, 5.74) is 3.08. The van der Waals surface area contributed by atoms with Gasteiger partial charge in [0.1, 0.15) is 23.5 Å². The lowest BCUT2D eigenvalue weighted by molar-refractivity contribution is 0.0469. The highest BCUT2D eigenvalue weighted by Crippen LogP contribution is 2.23. The molecule has 3 aromatic rings. The van der Waals surface area contributed by atoms with Crippen LogP contribution in [0.3, 0.4) is 0 Å². The van der Waals surface area contributed by atoms with Crippen LogP contribution in [0.5, 0.6) is 5.75 Å². The number of hydrogen-bond acceptors (Lipinski definition) is 5. The molecular weight excluding hydrogens is 332 g/mol. The summed E-state index contributed by atoms with van der Waals surface area (Å²) in [6, 6.07) is 12.0. The molecule has 3 rings (SSSR count). The summed E-state index contributed by atoms with van der Waals surface area (Å²) in [7, 11) is 0. The number of fused-ring (bicyclic) bond motifs is 1. The number of ether oxygens (including phenoxy) is 2. The van der Waals surface area contributed by atoms with Gasteiger partial charge < -0.3 is 13.9 Å². The lowest BCUT2D eigenvalue weighted by Gasteiger charge is -2.11. The van der Waals surface area contributed by atoms with Gasteiger partial charge in [-0.05, 0) is 56.2 Å². The maximum atomic E-state index is 12.5. The van der Waals surface area contributed by atoms with Gasteiger partial charge in [0, 0.05) is 17.0 Å². The van der Waals surface area contributed by atoms with Crippen LogP contribution in [-0.4, -0.2) is 12.6 Å². The van der Waals surface area contributed by atoms with Crippen LogP contribution in [0.1, 0.15) is 34.0 Å². The molecule has 5 nitrogen and oxygen atoms in total. The molecular formula is C21H20O5. The lowest BCUT2D eigenvalue weighted by atomic mass is 10.0. The maximum absolute atomic E-state index is 12.5. The van der Waals surface area contributed by atoms with E-state index in [-0.39, 0.29) is 6.61 Å². The second-order valence-electron chi connectivity index (χ2n) is 6.03. The molecule has 0 saturated carbocycles. The van der Waals surface area contributed by atoms with E-state index in [2.05, 4.69) is 0 Å². The van der Waals surface area contributed by atoms with Crippen LogP contribution in [0.15, 0.2) is 51.7 Å². The summed E-state index contributed by atoms with van der Waals surface area (Å²) in [6.45, 7) is 6.21. The molecule has 0 aliphatic carbocycles. The highest BCUT2D eigenvalue weighted by atomic mass is 16.5. The number of rotatable bonds is 5. The fourth-order valence-electron chi connectivity index (χ4n) is 2.74. The zero-order valence-electron chi connectivity index (χ0n) is 15.0. The first kappa shape index (κ1) is 17.7. The number of para-hydroxylation sites is 1. The monoisotopic (exact) mass is 352 g/mol. The van der Waals surface area contributed by atoms with Gasteiger partial charge >= 0.3 is 11.6 Å². The Balaban J connectivity index is 1.89. The molecule has 0 saturated heterocycles. The largest absolute Gasteiger partial charge is 0.493 e. The molecule has 0 N–H and O–H groups in total. The predicted octanol–water partition coefficient (Wildman–Crippen LogP) is 4.17. The molecule has 0 fully saturated rings. The van der Waals surface area contributed by atoms with Gasteiger partial charge in [0.2, 0.25) is 0 Å². The molecule has 2 aromatic carbocycles. The molecule has 134 valence electrons. The van der Waals surface area contributed by atoms with E-state index in [0.29, 0.717) is 29.1 Å². The zero-order valence-corrected chi connectivity index (χ0v) is 15.0. The number of carbonyl (C=O) groups is 1. The van der Waals surface area contributed by atoms with Crippen molar-refractivity contribution in [3.05, 3.63) is 75.1 Å². The second-order valence-corrected chi connectivity index (χ2v) is 6.03. The van der Waals surface area contributed by atoms with Crippen molar-refractivity contribution >= 4 is 16.9 Å². The molecule has 0 radical (unpaired) electrons. The van der Waals surface area contributed by atoms with E-state index < -0.39 is 11.6 Å². The molecule has 26 heavy (non-hydrogen) atoms. The van der Waals surface area contributed by atoms with Crippen molar-refractivity contribution < 1.29 is 18.7 Å². The van der Waals surface area contributed by atoms with Gasteiger partial charge in [-0.15, -0.1) is 0 Å². The highest BCUT2D eigenvalue weighted by Gasteiger charge is 2.15. The first-order valence-electron chi connectivity index (χ1n) is 8.42. The topological polar surface area (TPSA) is 65.7 Å².